The number of benzene rings is 1. The lowest BCUT2D eigenvalue weighted by molar-refractivity contribution is 0.102. The van der Waals surface area contributed by atoms with E-state index in [4.69, 9.17) is 5.73 Å². The van der Waals surface area contributed by atoms with Crippen LogP contribution in [0.5, 0.6) is 0 Å². The van der Waals surface area contributed by atoms with Gasteiger partial charge in [0.15, 0.2) is 5.69 Å². The fourth-order valence-electron chi connectivity index (χ4n) is 2.89. The molecule has 30 heavy (non-hydrogen) atoms. The Balaban J connectivity index is 1.59. The molecular weight excluding hydrogens is 406 g/mol. The second-order valence-electron chi connectivity index (χ2n) is 6.60. The molecule has 0 saturated carbocycles. The van der Waals surface area contributed by atoms with Crippen LogP contribution >= 0.6 is 0 Å². The molecule has 0 atom stereocenters. The van der Waals surface area contributed by atoms with Crippen molar-refractivity contribution >= 4 is 44.0 Å². The van der Waals surface area contributed by atoms with Gasteiger partial charge in [0.05, 0.1) is 29.3 Å². The van der Waals surface area contributed by atoms with Gasteiger partial charge < -0.3 is 11.1 Å². The fourth-order valence-corrected chi connectivity index (χ4v) is 3.39. The Labute approximate surface area is 171 Å². The highest BCUT2D eigenvalue weighted by atomic mass is 32.2. The van der Waals surface area contributed by atoms with Gasteiger partial charge in [0.1, 0.15) is 5.82 Å². The number of anilines is 3. The van der Waals surface area contributed by atoms with E-state index >= 15 is 0 Å². The molecule has 0 fully saturated rings. The van der Waals surface area contributed by atoms with Crippen molar-refractivity contribution in [3.05, 3.63) is 60.7 Å². The molecule has 1 aromatic carbocycles. The van der Waals surface area contributed by atoms with Gasteiger partial charge in [-0.25, -0.2) is 13.4 Å². The number of hydrogen-bond acceptors (Lipinski definition) is 7. The maximum atomic E-state index is 12.7. The van der Waals surface area contributed by atoms with Crippen LogP contribution in [-0.4, -0.2) is 40.7 Å². The van der Waals surface area contributed by atoms with Gasteiger partial charge in [-0.2, -0.15) is 5.10 Å². The summed E-state index contributed by atoms with van der Waals surface area (Å²) in [6.07, 6.45) is 5.63. The quantitative estimate of drug-likeness (QED) is 0.383. The lowest BCUT2D eigenvalue weighted by atomic mass is 10.0. The predicted octanol–water partition coefficient (Wildman–Crippen LogP) is 2.23. The van der Waals surface area contributed by atoms with E-state index in [0.29, 0.717) is 22.3 Å². The highest BCUT2D eigenvalue weighted by Gasteiger charge is 2.16. The Kier molecular flexibility index (Phi) is 4.80. The number of H-pyrrole nitrogens is 1. The zero-order valence-corrected chi connectivity index (χ0v) is 16.6. The molecule has 3 aromatic heterocycles. The third-order valence-electron chi connectivity index (χ3n) is 4.18. The van der Waals surface area contributed by atoms with Gasteiger partial charge in [-0.3, -0.25) is 19.6 Å². The second kappa shape index (κ2) is 7.44. The molecule has 0 saturated heterocycles. The first-order chi connectivity index (χ1) is 14.3. The number of carbonyl (C=O) groups excluding carboxylic acids is 1. The summed E-state index contributed by atoms with van der Waals surface area (Å²) >= 11 is 0. The minimum atomic E-state index is -3.43. The van der Waals surface area contributed by atoms with Crippen LogP contribution in [0.25, 0.3) is 22.0 Å². The van der Waals surface area contributed by atoms with Crippen LogP contribution in [0.4, 0.5) is 17.2 Å². The van der Waals surface area contributed by atoms with Crippen LogP contribution in [0, 0.1) is 0 Å². The fraction of sp³-hybridized carbons (Fsp3) is 0.0526. The molecule has 0 aliphatic rings. The number of nitrogen functional groups attached to an aromatic ring is 1. The van der Waals surface area contributed by atoms with Gasteiger partial charge in [-0.1, -0.05) is 6.07 Å². The van der Waals surface area contributed by atoms with Gasteiger partial charge in [0, 0.05) is 23.3 Å². The van der Waals surface area contributed by atoms with Gasteiger partial charge in [-0.15, -0.1) is 0 Å². The number of amides is 1. The van der Waals surface area contributed by atoms with Gasteiger partial charge in [-0.05, 0) is 35.9 Å². The Morgan fingerprint density at radius 2 is 1.90 bits per heavy atom. The minimum Gasteiger partial charge on any atom is -0.397 e. The average molecular weight is 423 g/mol. The number of sulfonamides is 1. The van der Waals surface area contributed by atoms with E-state index in [9.17, 15) is 13.2 Å². The summed E-state index contributed by atoms with van der Waals surface area (Å²) < 4.78 is 24.8. The third kappa shape index (κ3) is 4.20. The van der Waals surface area contributed by atoms with Crippen LogP contribution < -0.4 is 15.8 Å². The second-order valence-corrected chi connectivity index (χ2v) is 8.35. The van der Waals surface area contributed by atoms with Crippen molar-refractivity contribution in [1.82, 2.24) is 20.2 Å². The summed E-state index contributed by atoms with van der Waals surface area (Å²) in [5, 5.41) is 10.3. The summed E-state index contributed by atoms with van der Waals surface area (Å²) in [5.74, 6) is -0.282. The first-order valence-electron chi connectivity index (χ1n) is 8.73. The SMILES string of the molecule is CS(=O)(=O)Nc1ccc(NC(=O)c2n[nH]c3ccc(-c4cncc(N)c4)cc23)cn1. The Morgan fingerprint density at radius 1 is 1.07 bits per heavy atom. The molecular formula is C19H17N7O3S. The topological polar surface area (TPSA) is 156 Å². The summed E-state index contributed by atoms with van der Waals surface area (Å²) in [6, 6.07) is 10.3. The zero-order chi connectivity index (χ0) is 21.3. The molecule has 10 nitrogen and oxygen atoms in total. The largest absolute Gasteiger partial charge is 0.397 e. The Bertz CT molecular complexity index is 1350. The molecule has 0 aliphatic heterocycles. The number of nitrogens with zero attached hydrogens (tertiary/aromatic N) is 3. The molecule has 0 unspecified atom stereocenters. The first kappa shape index (κ1) is 19.3. The van der Waals surface area contributed by atoms with Crippen LogP contribution in [-0.2, 0) is 10.0 Å². The number of carbonyl (C=O) groups is 1. The van der Waals surface area contributed by atoms with Crippen LogP contribution in [0.15, 0.2) is 55.0 Å². The van der Waals surface area contributed by atoms with Crippen molar-refractivity contribution in [3.8, 4) is 11.1 Å². The summed E-state index contributed by atoms with van der Waals surface area (Å²) in [5.41, 5.74) is 9.32. The van der Waals surface area contributed by atoms with Crippen molar-refractivity contribution in [2.24, 2.45) is 0 Å². The molecule has 0 bridgehead atoms. The van der Waals surface area contributed by atoms with Crippen molar-refractivity contribution in [2.75, 3.05) is 22.0 Å². The van der Waals surface area contributed by atoms with E-state index in [-0.39, 0.29) is 11.5 Å². The van der Waals surface area contributed by atoms with E-state index in [1.165, 1.54) is 18.3 Å². The Morgan fingerprint density at radius 3 is 2.60 bits per heavy atom. The number of aromatic amines is 1. The monoisotopic (exact) mass is 423 g/mol. The third-order valence-corrected chi connectivity index (χ3v) is 4.76. The molecule has 4 rings (SSSR count). The van der Waals surface area contributed by atoms with Gasteiger partial charge >= 0.3 is 0 Å². The molecule has 4 aromatic rings. The predicted molar refractivity (Wildman–Crippen MR) is 114 cm³/mol. The number of hydrogen-bond donors (Lipinski definition) is 4. The average Bonchev–Trinajstić information content (AvgIpc) is 3.12. The van der Waals surface area contributed by atoms with Gasteiger partial charge in [0.2, 0.25) is 10.0 Å². The van der Waals surface area contributed by atoms with Crippen LogP contribution in [0.3, 0.4) is 0 Å². The molecule has 1 amide bonds. The molecule has 0 radical (unpaired) electrons. The highest BCUT2D eigenvalue weighted by molar-refractivity contribution is 7.92. The first-order valence-corrected chi connectivity index (χ1v) is 10.6. The van der Waals surface area contributed by atoms with Crippen molar-refractivity contribution in [1.29, 1.82) is 0 Å². The molecule has 11 heteroatoms. The normalized spacial score (nSPS) is 11.4. The van der Waals surface area contributed by atoms with E-state index in [1.807, 2.05) is 18.2 Å². The number of nitrogens with one attached hydrogen (secondary N) is 3. The lowest BCUT2D eigenvalue weighted by Gasteiger charge is -2.06. The number of pyridine rings is 2. The van der Waals surface area contributed by atoms with Crippen LogP contribution in [0.1, 0.15) is 10.5 Å². The number of rotatable bonds is 5. The van der Waals surface area contributed by atoms with Crippen molar-refractivity contribution in [2.45, 2.75) is 0 Å². The van der Waals surface area contributed by atoms with E-state index in [2.05, 4.69) is 30.2 Å². The summed E-state index contributed by atoms with van der Waals surface area (Å²) in [6.45, 7) is 0. The molecule has 5 N–H and O–H groups in total. The van der Waals surface area contributed by atoms with Crippen molar-refractivity contribution < 1.29 is 13.2 Å². The van der Waals surface area contributed by atoms with Crippen LogP contribution in [0.2, 0.25) is 0 Å². The number of aromatic nitrogens is 4. The van der Waals surface area contributed by atoms with E-state index in [0.717, 1.165) is 17.4 Å². The number of fused-ring (bicyclic) bond motifs is 1. The summed E-state index contributed by atoms with van der Waals surface area (Å²) in [4.78, 5) is 20.8. The van der Waals surface area contributed by atoms with Gasteiger partial charge in [0.25, 0.3) is 5.91 Å². The minimum absolute atomic E-state index is 0.154. The van der Waals surface area contributed by atoms with E-state index in [1.54, 1.807) is 18.5 Å². The van der Waals surface area contributed by atoms with E-state index < -0.39 is 15.9 Å². The van der Waals surface area contributed by atoms with Crippen molar-refractivity contribution in [3.63, 3.8) is 0 Å². The number of nitrogens with two attached hydrogens (primary N) is 1. The summed E-state index contributed by atoms with van der Waals surface area (Å²) in [7, 11) is -3.43. The molecule has 0 spiro atoms. The zero-order valence-electron chi connectivity index (χ0n) is 15.7. The smallest absolute Gasteiger partial charge is 0.276 e. The molecule has 152 valence electrons. The lowest BCUT2D eigenvalue weighted by Crippen LogP contribution is -2.14. The maximum absolute atomic E-state index is 12.7. The standard InChI is InChI=1S/C19H17N7O3S/c1-30(28,29)26-17-5-3-14(10-22-17)23-19(27)18-15-7-11(2-4-16(15)24-25-18)12-6-13(20)9-21-8-12/h2-10H,20H2,1H3,(H,22,26)(H,23,27)(H,24,25). The Hall–Kier alpha value is -3.99. The molecule has 3 heterocycles. The molecule has 0 aliphatic carbocycles. The highest BCUT2D eigenvalue weighted by Crippen LogP contribution is 2.26. The maximum Gasteiger partial charge on any atom is 0.276 e.